The Kier molecular flexibility index (Phi) is 7.95. The molecule has 30 heavy (non-hydrogen) atoms. The highest BCUT2D eigenvalue weighted by Crippen LogP contribution is 2.39. The first-order valence-electron chi connectivity index (χ1n) is 9.91. The molecular weight excluding hydrogens is 412 g/mol. The smallest absolute Gasteiger partial charge is 0.335 e. The van der Waals surface area contributed by atoms with Crippen LogP contribution in [0.2, 0.25) is 0 Å². The van der Waals surface area contributed by atoms with Crippen LogP contribution in [0.25, 0.3) is 11.1 Å². The summed E-state index contributed by atoms with van der Waals surface area (Å²) in [6.07, 6.45) is 4.31. The predicted octanol–water partition coefficient (Wildman–Crippen LogP) is 5.14. The molecule has 0 amide bonds. The second-order valence-corrected chi connectivity index (χ2v) is 9.28. The number of carboxylic acids is 1. The molecular formula is C22H27F2NO4S. The lowest BCUT2D eigenvalue weighted by molar-refractivity contribution is 0.0696. The number of hydrogen-bond donors (Lipinski definition) is 1. The van der Waals surface area contributed by atoms with Gasteiger partial charge in [-0.25, -0.2) is 22.0 Å². The number of nitrogens with zero attached hydrogens (tertiary/aromatic N) is 1. The number of halogens is 2. The molecule has 2 aromatic rings. The summed E-state index contributed by atoms with van der Waals surface area (Å²) >= 11 is 0. The van der Waals surface area contributed by atoms with E-state index in [1.807, 2.05) is 18.7 Å². The topological polar surface area (TPSA) is 74.7 Å². The van der Waals surface area contributed by atoms with Gasteiger partial charge in [-0.2, -0.15) is 0 Å². The van der Waals surface area contributed by atoms with Gasteiger partial charge in [0.2, 0.25) is 0 Å². The fourth-order valence-corrected chi connectivity index (χ4v) is 4.24. The molecule has 8 heteroatoms. The highest BCUT2D eigenvalue weighted by molar-refractivity contribution is 7.90. The maximum Gasteiger partial charge on any atom is 0.335 e. The maximum absolute atomic E-state index is 14.0. The summed E-state index contributed by atoms with van der Waals surface area (Å²) in [4.78, 5) is 13.4. The van der Waals surface area contributed by atoms with E-state index in [0.717, 1.165) is 50.1 Å². The average molecular weight is 440 g/mol. The monoisotopic (exact) mass is 439 g/mol. The van der Waals surface area contributed by atoms with Crippen molar-refractivity contribution in [2.45, 2.75) is 44.4 Å². The van der Waals surface area contributed by atoms with E-state index in [1.165, 1.54) is 6.07 Å². The summed E-state index contributed by atoms with van der Waals surface area (Å²) in [7, 11) is -3.90. The van der Waals surface area contributed by atoms with Crippen LogP contribution < -0.4 is 4.90 Å². The third-order valence-corrected chi connectivity index (χ3v) is 5.90. The van der Waals surface area contributed by atoms with E-state index >= 15 is 0 Å². The van der Waals surface area contributed by atoms with Crippen LogP contribution in [-0.2, 0) is 9.84 Å². The van der Waals surface area contributed by atoms with Crippen LogP contribution >= 0.6 is 0 Å². The van der Waals surface area contributed by atoms with Crippen molar-refractivity contribution in [3.05, 3.63) is 47.5 Å². The van der Waals surface area contributed by atoms with Crippen molar-refractivity contribution in [3.63, 3.8) is 0 Å². The highest BCUT2D eigenvalue weighted by Gasteiger charge is 2.25. The molecule has 0 unspecified atom stereocenters. The Labute approximate surface area is 176 Å². The molecule has 1 N–H and O–H groups in total. The minimum Gasteiger partial charge on any atom is -0.478 e. The van der Waals surface area contributed by atoms with Crippen LogP contribution in [0.3, 0.4) is 0 Å². The van der Waals surface area contributed by atoms with Crippen molar-refractivity contribution in [2.24, 2.45) is 0 Å². The van der Waals surface area contributed by atoms with Gasteiger partial charge in [-0.05, 0) is 42.7 Å². The number of benzene rings is 2. The van der Waals surface area contributed by atoms with Gasteiger partial charge in [0.25, 0.3) is 0 Å². The van der Waals surface area contributed by atoms with Crippen molar-refractivity contribution in [1.29, 1.82) is 0 Å². The van der Waals surface area contributed by atoms with Crippen LogP contribution in [-0.4, -0.2) is 38.8 Å². The van der Waals surface area contributed by atoms with E-state index in [9.17, 15) is 27.1 Å². The number of unbranched alkanes of at least 4 members (excludes halogenated alkanes) is 2. The van der Waals surface area contributed by atoms with Gasteiger partial charge in [-0.15, -0.1) is 0 Å². The second-order valence-electron chi connectivity index (χ2n) is 7.30. The Morgan fingerprint density at radius 3 is 1.93 bits per heavy atom. The van der Waals surface area contributed by atoms with Crippen molar-refractivity contribution in [3.8, 4) is 11.1 Å². The van der Waals surface area contributed by atoms with Crippen LogP contribution in [0, 0.1) is 11.6 Å². The lowest BCUT2D eigenvalue weighted by Crippen LogP contribution is -2.27. The molecule has 0 bridgehead atoms. The first-order chi connectivity index (χ1) is 14.1. The van der Waals surface area contributed by atoms with Crippen molar-refractivity contribution < 1.29 is 27.1 Å². The van der Waals surface area contributed by atoms with Gasteiger partial charge in [0, 0.05) is 36.7 Å². The second kappa shape index (κ2) is 10.0. The van der Waals surface area contributed by atoms with Crippen LogP contribution in [0.5, 0.6) is 0 Å². The standard InChI is InChI=1S/C22H27F2NO4S/c1-4-6-8-25(9-7-5-2)19-12-16(22(26)27)13-20(30(3,28)29)21(19)15-10-17(23)14-18(24)11-15/h10-14H,4-9H2,1-3H3,(H,26,27). The van der Waals surface area contributed by atoms with Crippen molar-refractivity contribution >= 4 is 21.5 Å². The summed E-state index contributed by atoms with van der Waals surface area (Å²) in [6.45, 7) is 5.15. The molecule has 0 saturated heterocycles. The molecule has 0 aliphatic rings. The van der Waals surface area contributed by atoms with E-state index in [1.54, 1.807) is 0 Å². The first-order valence-corrected chi connectivity index (χ1v) is 11.8. The van der Waals surface area contributed by atoms with E-state index in [-0.39, 0.29) is 21.6 Å². The molecule has 5 nitrogen and oxygen atoms in total. The van der Waals surface area contributed by atoms with E-state index in [2.05, 4.69) is 0 Å². The zero-order valence-corrected chi connectivity index (χ0v) is 18.2. The Bertz CT molecular complexity index is 994. The van der Waals surface area contributed by atoms with Crippen molar-refractivity contribution in [1.82, 2.24) is 0 Å². The van der Waals surface area contributed by atoms with Crippen LogP contribution in [0.15, 0.2) is 35.2 Å². The highest BCUT2D eigenvalue weighted by atomic mass is 32.2. The summed E-state index contributed by atoms with van der Waals surface area (Å²) in [6, 6.07) is 5.28. The summed E-state index contributed by atoms with van der Waals surface area (Å²) < 4.78 is 53.1. The molecule has 2 rings (SSSR count). The van der Waals surface area contributed by atoms with Gasteiger partial charge >= 0.3 is 5.97 Å². The number of rotatable bonds is 10. The fourth-order valence-electron chi connectivity index (χ4n) is 3.31. The number of anilines is 1. The van der Waals surface area contributed by atoms with Gasteiger partial charge < -0.3 is 10.0 Å². The lowest BCUT2D eigenvalue weighted by Gasteiger charge is -2.29. The van der Waals surface area contributed by atoms with Gasteiger partial charge in [0.05, 0.1) is 10.5 Å². The zero-order chi connectivity index (χ0) is 22.5. The molecule has 0 atom stereocenters. The Hall–Kier alpha value is -2.48. The number of carboxylic acid groups (broad SMARTS) is 1. The van der Waals surface area contributed by atoms with E-state index in [4.69, 9.17) is 0 Å². The van der Waals surface area contributed by atoms with E-state index < -0.39 is 27.4 Å². The van der Waals surface area contributed by atoms with Gasteiger partial charge in [-0.1, -0.05) is 26.7 Å². The largest absolute Gasteiger partial charge is 0.478 e. The minimum absolute atomic E-state index is 0.0536. The van der Waals surface area contributed by atoms with Crippen molar-refractivity contribution in [2.75, 3.05) is 24.2 Å². The minimum atomic E-state index is -3.90. The Balaban J connectivity index is 2.91. The van der Waals surface area contributed by atoms with Gasteiger partial charge in [-0.3, -0.25) is 0 Å². The predicted molar refractivity (Wildman–Crippen MR) is 114 cm³/mol. The third kappa shape index (κ3) is 5.78. The summed E-state index contributed by atoms with van der Waals surface area (Å²) in [5.41, 5.74) is 0.331. The normalized spacial score (nSPS) is 11.5. The van der Waals surface area contributed by atoms with E-state index in [0.29, 0.717) is 24.8 Å². The molecule has 0 aliphatic carbocycles. The van der Waals surface area contributed by atoms with Gasteiger partial charge in [0.15, 0.2) is 9.84 Å². The molecule has 0 saturated carbocycles. The Morgan fingerprint density at radius 1 is 0.967 bits per heavy atom. The SMILES string of the molecule is CCCCN(CCCC)c1cc(C(=O)O)cc(S(C)(=O)=O)c1-c1cc(F)cc(F)c1. The molecule has 0 aromatic heterocycles. The van der Waals surface area contributed by atoms with Crippen LogP contribution in [0.4, 0.5) is 14.5 Å². The molecule has 0 aliphatic heterocycles. The van der Waals surface area contributed by atoms with Gasteiger partial charge in [0.1, 0.15) is 11.6 Å². The number of carbonyl (C=O) groups is 1. The summed E-state index contributed by atoms with van der Waals surface area (Å²) in [5.74, 6) is -2.96. The number of hydrogen-bond acceptors (Lipinski definition) is 4. The Morgan fingerprint density at radius 2 is 1.50 bits per heavy atom. The van der Waals surface area contributed by atoms with Crippen LogP contribution in [0.1, 0.15) is 49.9 Å². The lowest BCUT2D eigenvalue weighted by atomic mass is 9.99. The zero-order valence-electron chi connectivity index (χ0n) is 17.4. The number of sulfone groups is 1. The summed E-state index contributed by atoms with van der Waals surface area (Å²) in [5, 5.41) is 9.55. The quantitative estimate of drug-likeness (QED) is 0.555. The first kappa shape index (κ1) is 23.8. The average Bonchev–Trinajstić information content (AvgIpc) is 2.65. The molecule has 164 valence electrons. The molecule has 2 aromatic carbocycles. The molecule has 0 heterocycles. The molecule has 0 spiro atoms. The third-order valence-electron chi connectivity index (χ3n) is 4.78. The maximum atomic E-state index is 14.0. The molecule has 0 fully saturated rings. The molecule has 0 radical (unpaired) electrons. The fraction of sp³-hybridized carbons (Fsp3) is 0.409. The number of aromatic carboxylic acids is 1.